The number of benzene rings is 1. The highest BCUT2D eigenvalue weighted by atomic mass is 79.9. The van der Waals surface area contributed by atoms with E-state index in [-0.39, 0.29) is 12.0 Å². The second-order valence-electron chi connectivity index (χ2n) is 5.24. The van der Waals surface area contributed by atoms with Gasteiger partial charge in [0.25, 0.3) is 0 Å². The summed E-state index contributed by atoms with van der Waals surface area (Å²) in [4.78, 5) is 11.1. The van der Waals surface area contributed by atoms with Crippen molar-refractivity contribution in [2.45, 2.75) is 38.6 Å². The van der Waals surface area contributed by atoms with Crippen molar-refractivity contribution in [2.75, 3.05) is 11.9 Å². The lowest BCUT2D eigenvalue weighted by molar-refractivity contribution is -0.142. The van der Waals surface area contributed by atoms with Gasteiger partial charge < -0.3 is 15.2 Å². The van der Waals surface area contributed by atoms with Crippen molar-refractivity contribution in [1.29, 1.82) is 0 Å². The van der Waals surface area contributed by atoms with Gasteiger partial charge in [-0.1, -0.05) is 18.0 Å². The summed E-state index contributed by atoms with van der Waals surface area (Å²) in [6.45, 7) is 2.48. The standard InChI is InChI=1S/C15H19BrClNO3/c1-2-21-14-12(16)7-10(17)8-13(14)18-11-5-3-4-9(6-11)15(19)20/h7-9,11,18H,2-6H2,1H3,(H,19,20). The number of aliphatic carboxylic acids is 1. The first-order valence-corrected chi connectivity index (χ1v) is 8.29. The lowest BCUT2D eigenvalue weighted by Gasteiger charge is -2.29. The van der Waals surface area contributed by atoms with Crippen LogP contribution in [0.5, 0.6) is 5.75 Å². The summed E-state index contributed by atoms with van der Waals surface area (Å²) < 4.78 is 6.45. The fraction of sp³-hybridized carbons (Fsp3) is 0.533. The summed E-state index contributed by atoms with van der Waals surface area (Å²) in [5, 5.41) is 13.2. The van der Waals surface area contributed by atoms with Gasteiger partial charge in [-0.25, -0.2) is 0 Å². The Morgan fingerprint density at radius 3 is 2.95 bits per heavy atom. The summed E-state index contributed by atoms with van der Waals surface area (Å²) in [5.41, 5.74) is 0.812. The molecule has 116 valence electrons. The fourth-order valence-electron chi connectivity index (χ4n) is 2.72. The number of carbonyl (C=O) groups is 1. The van der Waals surface area contributed by atoms with E-state index in [0.717, 1.165) is 35.2 Å². The highest BCUT2D eigenvalue weighted by Gasteiger charge is 2.27. The quantitative estimate of drug-likeness (QED) is 0.791. The molecule has 2 unspecified atom stereocenters. The maximum absolute atomic E-state index is 11.1. The molecule has 1 fully saturated rings. The Balaban J connectivity index is 2.16. The zero-order chi connectivity index (χ0) is 15.4. The van der Waals surface area contributed by atoms with Gasteiger partial charge in [-0.05, 0) is 54.2 Å². The molecule has 1 saturated carbocycles. The topological polar surface area (TPSA) is 58.6 Å². The number of nitrogens with one attached hydrogen (secondary N) is 1. The molecule has 2 N–H and O–H groups in total. The summed E-state index contributed by atoms with van der Waals surface area (Å²) >= 11 is 9.55. The van der Waals surface area contributed by atoms with Crippen LogP contribution in [0.25, 0.3) is 0 Å². The molecule has 1 aliphatic rings. The number of hydrogen-bond donors (Lipinski definition) is 2. The van der Waals surface area contributed by atoms with E-state index < -0.39 is 5.97 Å². The van der Waals surface area contributed by atoms with Crippen LogP contribution in [0, 0.1) is 5.92 Å². The van der Waals surface area contributed by atoms with Gasteiger partial charge in [0.1, 0.15) is 0 Å². The second kappa shape index (κ2) is 7.36. The van der Waals surface area contributed by atoms with Crippen molar-refractivity contribution in [2.24, 2.45) is 5.92 Å². The molecule has 0 aliphatic heterocycles. The van der Waals surface area contributed by atoms with Crippen molar-refractivity contribution in [1.82, 2.24) is 0 Å². The maximum Gasteiger partial charge on any atom is 0.306 e. The normalized spacial score (nSPS) is 21.9. The first-order valence-electron chi connectivity index (χ1n) is 7.12. The Hall–Kier alpha value is -0.940. The Bertz CT molecular complexity index is 524. The number of anilines is 1. The third-order valence-electron chi connectivity index (χ3n) is 3.68. The molecule has 2 atom stereocenters. The first kappa shape index (κ1) is 16.4. The Kier molecular flexibility index (Phi) is 5.76. The smallest absolute Gasteiger partial charge is 0.306 e. The molecule has 0 heterocycles. The van der Waals surface area contributed by atoms with E-state index in [1.807, 2.05) is 13.0 Å². The molecule has 1 aromatic carbocycles. The Morgan fingerprint density at radius 1 is 1.52 bits per heavy atom. The van der Waals surface area contributed by atoms with E-state index in [9.17, 15) is 4.79 Å². The van der Waals surface area contributed by atoms with Gasteiger partial charge in [0.15, 0.2) is 5.75 Å². The molecular weight excluding hydrogens is 358 g/mol. The van der Waals surface area contributed by atoms with Gasteiger partial charge in [-0.2, -0.15) is 0 Å². The van der Waals surface area contributed by atoms with Crippen molar-refractivity contribution in [3.63, 3.8) is 0 Å². The molecule has 0 amide bonds. The van der Waals surface area contributed by atoms with E-state index in [2.05, 4.69) is 21.2 Å². The summed E-state index contributed by atoms with van der Waals surface area (Å²) in [5.74, 6) is -0.257. The van der Waals surface area contributed by atoms with Gasteiger partial charge in [-0.3, -0.25) is 4.79 Å². The Morgan fingerprint density at radius 2 is 2.29 bits per heavy atom. The SMILES string of the molecule is CCOc1c(Br)cc(Cl)cc1NC1CCCC(C(=O)O)C1. The molecule has 0 spiro atoms. The van der Waals surface area contributed by atoms with E-state index in [1.165, 1.54) is 0 Å². The number of ether oxygens (including phenoxy) is 1. The van der Waals surface area contributed by atoms with Crippen LogP contribution >= 0.6 is 27.5 Å². The zero-order valence-electron chi connectivity index (χ0n) is 11.9. The van der Waals surface area contributed by atoms with Crippen molar-refractivity contribution < 1.29 is 14.6 Å². The molecule has 1 aromatic rings. The highest BCUT2D eigenvalue weighted by molar-refractivity contribution is 9.10. The van der Waals surface area contributed by atoms with Crippen molar-refractivity contribution in [3.05, 3.63) is 21.6 Å². The van der Waals surface area contributed by atoms with E-state index in [1.54, 1.807) is 6.07 Å². The predicted octanol–water partition coefficient (Wildman–Crippen LogP) is 4.56. The molecule has 21 heavy (non-hydrogen) atoms. The number of carboxylic acids is 1. The van der Waals surface area contributed by atoms with Crippen LogP contribution in [-0.2, 0) is 4.79 Å². The average molecular weight is 377 g/mol. The molecule has 2 rings (SSSR count). The zero-order valence-corrected chi connectivity index (χ0v) is 14.2. The summed E-state index contributed by atoms with van der Waals surface area (Å²) in [7, 11) is 0. The third-order valence-corrected chi connectivity index (χ3v) is 4.49. The summed E-state index contributed by atoms with van der Waals surface area (Å²) in [6, 6.07) is 3.74. The van der Waals surface area contributed by atoms with E-state index >= 15 is 0 Å². The van der Waals surface area contributed by atoms with Crippen LogP contribution < -0.4 is 10.1 Å². The second-order valence-corrected chi connectivity index (χ2v) is 6.53. The minimum absolute atomic E-state index is 0.129. The highest BCUT2D eigenvalue weighted by Crippen LogP contribution is 2.38. The average Bonchev–Trinajstić information content (AvgIpc) is 2.43. The van der Waals surface area contributed by atoms with Crippen LogP contribution in [0.2, 0.25) is 5.02 Å². The van der Waals surface area contributed by atoms with E-state index in [0.29, 0.717) is 18.1 Å². The molecule has 0 radical (unpaired) electrons. The number of hydrogen-bond acceptors (Lipinski definition) is 3. The molecule has 0 saturated heterocycles. The van der Waals surface area contributed by atoms with E-state index in [4.69, 9.17) is 21.4 Å². The van der Waals surface area contributed by atoms with Gasteiger partial charge in [0.05, 0.1) is 22.7 Å². The van der Waals surface area contributed by atoms with Gasteiger partial charge in [0.2, 0.25) is 0 Å². The van der Waals surface area contributed by atoms with Crippen LogP contribution in [0.15, 0.2) is 16.6 Å². The number of halogens is 2. The Labute approximate surface area is 138 Å². The number of carboxylic acid groups (broad SMARTS) is 1. The van der Waals surface area contributed by atoms with Crippen molar-refractivity contribution in [3.8, 4) is 5.75 Å². The molecule has 4 nitrogen and oxygen atoms in total. The molecule has 0 bridgehead atoms. The maximum atomic E-state index is 11.1. The van der Waals surface area contributed by atoms with Crippen LogP contribution in [-0.4, -0.2) is 23.7 Å². The number of rotatable bonds is 5. The van der Waals surface area contributed by atoms with Gasteiger partial charge >= 0.3 is 5.97 Å². The minimum Gasteiger partial charge on any atom is -0.491 e. The van der Waals surface area contributed by atoms with Crippen LogP contribution in [0.1, 0.15) is 32.6 Å². The molecule has 1 aliphatic carbocycles. The van der Waals surface area contributed by atoms with Gasteiger partial charge in [-0.15, -0.1) is 0 Å². The minimum atomic E-state index is -0.709. The predicted molar refractivity (Wildman–Crippen MR) is 87.3 cm³/mol. The van der Waals surface area contributed by atoms with Crippen LogP contribution in [0.3, 0.4) is 0 Å². The van der Waals surface area contributed by atoms with Gasteiger partial charge in [0, 0.05) is 11.1 Å². The monoisotopic (exact) mass is 375 g/mol. The lowest BCUT2D eigenvalue weighted by Crippen LogP contribution is -2.31. The molecular formula is C15H19BrClNO3. The lowest BCUT2D eigenvalue weighted by atomic mass is 9.85. The molecule has 6 heteroatoms. The fourth-order valence-corrected chi connectivity index (χ4v) is 3.65. The first-order chi connectivity index (χ1) is 10.0. The summed E-state index contributed by atoms with van der Waals surface area (Å²) in [6.07, 6.45) is 3.26. The molecule has 0 aromatic heterocycles. The van der Waals surface area contributed by atoms with Crippen LogP contribution in [0.4, 0.5) is 5.69 Å². The largest absolute Gasteiger partial charge is 0.491 e. The third kappa shape index (κ3) is 4.27. The van der Waals surface area contributed by atoms with Crippen molar-refractivity contribution >= 4 is 39.2 Å².